The smallest absolute Gasteiger partial charge is 0.163 e. The summed E-state index contributed by atoms with van der Waals surface area (Å²) in [5.74, 6) is 1.64. The van der Waals surface area contributed by atoms with Gasteiger partial charge in [0.1, 0.15) is 0 Å². The molecule has 1 aromatic rings. The normalized spacial score (nSPS) is 15.0. The number of nitrogens with one attached hydrogen (secondary N) is 1. The fourth-order valence-corrected chi connectivity index (χ4v) is 1.29. The summed E-state index contributed by atoms with van der Waals surface area (Å²) < 4.78 is 10.9. The average molecular weight is 193 g/mol. The molecule has 0 amide bonds. The Balaban J connectivity index is 2.21. The van der Waals surface area contributed by atoms with Crippen molar-refractivity contribution in [2.24, 2.45) is 0 Å². The topological polar surface area (TPSA) is 30.5 Å². The Hall–Kier alpha value is -1.38. The zero-order valence-corrected chi connectivity index (χ0v) is 8.54. The first kappa shape index (κ1) is 9.19. The van der Waals surface area contributed by atoms with Crippen LogP contribution in [0, 0.1) is 0 Å². The molecule has 0 atom stereocenters. The molecule has 1 saturated carbocycles. The lowest BCUT2D eigenvalue weighted by molar-refractivity contribution is 0.282. The van der Waals surface area contributed by atoms with E-state index in [1.54, 1.807) is 7.11 Å². The Morgan fingerprint density at radius 1 is 1.29 bits per heavy atom. The van der Waals surface area contributed by atoms with E-state index in [2.05, 4.69) is 5.32 Å². The van der Waals surface area contributed by atoms with E-state index in [-0.39, 0.29) is 0 Å². The first-order valence-electron chi connectivity index (χ1n) is 4.86. The lowest BCUT2D eigenvalue weighted by Crippen LogP contribution is -1.99. The SMILES string of the molecule is CNc1ccc(OC)c(OC2CC2)c1. The maximum absolute atomic E-state index is 5.72. The van der Waals surface area contributed by atoms with Crippen LogP contribution in [0.4, 0.5) is 5.69 Å². The number of anilines is 1. The molecule has 0 aromatic heterocycles. The molecule has 76 valence electrons. The second-order valence-corrected chi connectivity index (χ2v) is 3.43. The van der Waals surface area contributed by atoms with Crippen LogP contribution in [-0.4, -0.2) is 20.3 Å². The standard InChI is InChI=1S/C11H15NO2/c1-12-8-3-6-10(13-2)11(7-8)14-9-4-5-9/h3,6-7,9,12H,4-5H2,1-2H3. The van der Waals surface area contributed by atoms with Gasteiger partial charge < -0.3 is 14.8 Å². The van der Waals surface area contributed by atoms with Crippen LogP contribution in [0.25, 0.3) is 0 Å². The Morgan fingerprint density at radius 3 is 2.64 bits per heavy atom. The summed E-state index contributed by atoms with van der Waals surface area (Å²) >= 11 is 0. The van der Waals surface area contributed by atoms with Crippen LogP contribution in [0.15, 0.2) is 18.2 Å². The van der Waals surface area contributed by atoms with Gasteiger partial charge in [0.15, 0.2) is 11.5 Å². The van der Waals surface area contributed by atoms with Gasteiger partial charge in [-0.3, -0.25) is 0 Å². The third-order valence-corrected chi connectivity index (χ3v) is 2.27. The van der Waals surface area contributed by atoms with E-state index in [4.69, 9.17) is 9.47 Å². The fraction of sp³-hybridized carbons (Fsp3) is 0.455. The van der Waals surface area contributed by atoms with Gasteiger partial charge in [0.25, 0.3) is 0 Å². The number of benzene rings is 1. The van der Waals surface area contributed by atoms with Gasteiger partial charge in [0.05, 0.1) is 13.2 Å². The minimum atomic E-state index is 0.399. The molecule has 0 heterocycles. The highest BCUT2D eigenvalue weighted by atomic mass is 16.5. The molecule has 1 aromatic carbocycles. The van der Waals surface area contributed by atoms with Crippen LogP contribution in [-0.2, 0) is 0 Å². The van der Waals surface area contributed by atoms with E-state index < -0.39 is 0 Å². The van der Waals surface area contributed by atoms with E-state index in [0.717, 1.165) is 30.0 Å². The van der Waals surface area contributed by atoms with Gasteiger partial charge in [-0.15, -0.1) is 0 Å². The van der Waals surface area contributed by atoms with Crippen LogP contribution in [0.1, 0.15) is 12.8 Å². The number of hydrogen-bond acceptors (Lipinski definition) is 3. The molecule has 3 heteroatoms. The zero-order valence-electron chi connectivity index (χ0n) is 8.54. The summed E-state index contributed by atoms with van der Waals surface area (Å²) in [6, 6.07) is 5.86. The molecule has 1 aliphatic rings. The largest absolute Gasteiger partial charge is 0.493 e. The van der Waals surface area contributed by atoms with Crippen molar-refractivity contribution >= 4 is 5.69 Å². The minimum Gasteiger partial charge on any atom is -0.493 e. The van der Waals surface area contributed by atoms with Gasteiger partial charge in [0.2, 0.25) is 0 Å². The third-order valence-electron chi connectivity index (χ3n) is 2.27. The lowest BCUT2D eigenvalue weighted by Gasteiger charge is -2.11. The molecule has 1 aliphatic carbocycles. The van der Waals surface area contributed by atoms with Crippen LogP contribution >= 0.6 is 0 Å². The van der Waals surface area contributed by atoms with Crippen molar-refractivity contribution in [2.45, 2.75) is 18.9 Å². The van der Waals surface area contributed by atoms with Gasteiger partial charge in [-0.25, -0.2) is 0 Å². The van der Waals surface area contributed by atoms with E-state index >= 15 is 0 Å². The molecule has 14 heavy (non-hydrogen) atoms. The fourth-order valence-electron chi connectivity index (χ4n) is 1.29. The van der Waals surface area contributed by atoms with Crippen LogP contribution in [0.2, 0.25) is 0 Å². The van der Waals surface area contributed by atoms with Gasteiger partial charge in [-0.2, -0.15) is 0 Å². The Morgan fingerprint density at radius 2 is 2.07 bits per heavy atom. The predicted octanol–water partition coefficient (Wildman–Crippen LogP) is 2.28. The second-order valence-electron chi connectivity index (χ2n) is 3.43. The summed E-state index contributed by atoms with van der Waals surface area (Å²) in [4.78, 5) is 0. The Kier molecular flexibility index (Phi) is 2.48. The van der Waals surface area contributed by atoms with Gasteiger partial charge in [-0.1, -0.05) is 0 Å². The molecule has 0 bridgehead atoms. The maximum atomic E-state index is 5.72. The summed E-state index contributed by atoms with van der Waals surface area (Å²) in [6.45, 7) is 0. The predicted molar refractivity (Wildman–Crippen MR) is 56.2 cm³/mol. The van der Waals surface area contributed by atoms with Crippen molar-refractivity contribution in [2.75, 3.05) is 19.5 Å². The van der Waals surface area contributed by atoms with E-state index in [1.165, 1.54) is 0 Å². The number of ether oxygens (including phenoxy) is 2. The van der Waals surface area contributed by atoms with E-state index in [1.807, 2.05) is 25.2 Å². The second kappa shape index (κ2) is 3.78. The number of hydrogen-bond donors (Lipinski definition) is 1. The molecular formula is C11H15NO2. The van der Waals surface area contributed by atoms with Crippen molar-refractivity contribution in [3.05, 3.63) is 18.2 Å². The van der Waals surface area contributed by atoms with Crippen molar-refractivity contribution < 1.29 is 9.47 Å². The average Bonchev–Trinajstić information content (AvgIpc) is 3.01. The highest BCUT2D eigenvalue weighted by Crippen LogP contribution is 2.35. The molecule has 1 fully saturated rings. The molecule has 0 aliphatic heterocycles. The Bertz CT molecular complexity index is 321. The first-order chi connectivity index (χ1) is 6.83. The van der Waals surface area contributed by atoms with Gasteiger partial charge >= 0.3 is 0 Å². The lowest BCUT2D eigenvalue weighted by atomic mass is 10.3. The van der Waals surface area contributed by atoms with Gasteiger partial charge in [-0.05, 0) is 25.0 Å². The summed E-state index contributed by atoms with van der Waals surface area (Å²) in [5, 5.41) is 3.08. The minimum absolute atomic E-state index is 0.399. The zero-order chi connectivity index (χ0) is 9.97. The summed E-state index contributed by atoms with van der Waals surface area (Å²) in [7, 11) is 3.55. The summed E-state index contributed by atoms with van der Waals surface area (Å²) in [6.07, 6.45) is 2.72. The van der Waals surface area contributed by atoms with Crippen molar-refractivity contribution in [3.63, 3.8) is 0 Å². The summed E-state index contributed by atoms with van der Waals surface area (Å²) in [5.41, 5.74) is 1.04. The molecular weight excluding hydrogens is 178 g/mol. The molecule has 0 radical (unpaired) electrons. The maximum Gasteiger partial charge on any atom is 0.163 e. The molecule has 2 rings (SSSR count). The first-order valence-corrected chi connectivity index (χ1v) is 4.86. The highest BCUT2D eigenvalue weighted by molar-refractivity contribution is 5.54. The van der Waals surface area contributed by atoms with Gasteiger partial charge in [0, 0.05) is 18.8 Å². The van der Waals surface area contributed by atoms with Crippen LogP contribution < -0.4 is 14.8 Å². The molecule has 1 N–H and O–H groups in total. The monoisotopic (exact) mass is 193 g/mol. The highest BCUT2D eigenvalue weighted by Gasteiger charge is 2.24. The third kappa shape index (κ3) is 1.92. The van der Waals surface area contributed by atoms with E-state index in [0.29, 0.717) is 6.10 Å². The van der Waals surface area contributed by atoms with E-state index in [9.17, 15) is 0 Å². The number of rotatable bonds is 4. The van der Waals surface area contributed by atoms with Crippen molar-refractivity contribution in [1.29, 1.82) is 0 Å². The molecule has 0 spiro atoms. The molecule has 0 saturated heterocycles. The Labute approximate surface area is 84.0 Å². The number of methoxy groups -OCH3 is 1. The van der Waals surface area contributed by atoms with Crippen LogP contribution in [0.3, 0.4) is 0 Å². The van der Waals surface area contributed by atoms with Crippen molar-refractivity contribution in [1.82, 2.24) is 0 Å². The quantitative estimate of drug-likeness (QED) is 0.795. The van der Waals surface area contributed by atoms with Crippen LogP contribution in [0.5, 0.6) is 11.5 Å². The molecule has 3 nitrogen and oxygen atoms in total. The van der Waals surface area contributed by atoms with Crippen molar-refractivity contribution in [3.8, 4) is 11.5 Å². The molecule has 0 unspecified atom stereocenters.